The number of nitrogens with two attached hydrogens (primary N) is 1. The maximum Gasteiger partial charge on any atom is 0.122 e. The fraction of sp³-hybridized carbons (Fsp3) is 0.588. The van der Waals surface area contributed by atoms with E-state index in [0.29, 0.717) is 0 Å². The Kier molecular flexibility index (Phi) is 4.27. The van der Waals surface area contributed by atoms with Crippen LogP contribution in [0, 0.1) is 18.3 Å². The van der Waals surface area contributed by atoms with Crippen LogP contribution in [-0.2, 0) is 6.54 Å². The summed E-state index contributed by atoms with van der Waals surface area (Å²) in [7, 11) is 0. The number of benzene rings is 1. The van der Waals surface area contributed by atoms with Crippen LogP contribution in [0.25, 0.3) is 0 Å². The zero-order chi connectivity index (χ0) is 14.8. The molecule has 1 aliphatic carbocycles. The lowest BCUT2D eigenvalue weighted by Gasteiger charge is -2.35. The molecular formula is C17H26N4. The summed E-state index contributed by atoms with van der Waals surface area (Å²) in [6.07, 6.45) is 2.89. The van der Waals surface area contributed by atoms with Crippen molar-refractivity contribution in [2.45, 2.75) is 26.3 Å². The van der Waals surface area contributed by atoms with E-state index in [4.69, 9.17) is 11.1 Å². The number of nitrogens with one attached hydrogen (secondary N) is 1. The first kappa shape index (κ1) is 14.5. The molecule has 3 rings (SSSR count). The van der Waals surface area contributed by atoms with Gasteiger partial charge in [-0.3, -0.25) is 10.3 Å². The van der Waals surface area contributed by atoms with Crippen molar-refractivity contribution in [2.24, 2.45) is 11.7 Å². The quantitative estimate of drug-likeness (QED) is 0.641. The molecule has 0 amide bonds. The van der Waals surface area contributed by atoms with E-state index < -0.39 is 0 Å². The van der Waals surface area contributed by atoms with Gasteiger partial charge in [-0.2, -0.15) is 0 Å². The average molecular weight is 286 g/mol. The lowest BCUT2D eigenvalue weighted by molar-refractivity contribution is 0.123. The molecule has 0 bridgehead atoms. The molecule has 0 unspecified atom stereocenters. The minimum atomic E-state index is 0.151. The van der Waals surface area contributed by atoms with Crippen LogP contribution >= 0.6 is 0 Å². The number of piperazine rings is 1. The molecule has 4 heteroatoms. The van der Waals surface area contributed by atoms with Gasteiger partial charge in [0.2, 0.25) is 0 Å². The molecule has 0 atom stereocenters. The van der Waals surface area contributed by atoms with Crippen molar-refractivity contribution in [3.63, 3.8) is 0 Å². The van der Waals surface area contributed by atoms with E-state index in [2.05, 4.69) is 22.8 Å². The molecule has 1 aromatic carbocycles. The van der Waals surface area contributed by atoms with Crippen molar-refractivity contribution >= 4 is 5.84 Å². The van der Waals surface area contributed by atoms with Crippen molar-refractivity contribution in [1.82, 2.24) is 9.80 Å². The second kappa shape index (κ2) is 6.16. The first-order chi connectivity index (χ1) is 10.1. The van der Waals surface area contributed by atoms with Crippen molar-refractivity contribution < 1.29 is 0 Å². The van der Waals surface area contributed by atoms with Gasteiger partial charge in [-0.1, -0.05) is 12.1 Å². The van der Waals surface area contributed by atoms with Crippen LogP contribution in [0.2, 0.25) is 0 Å². The van der Waals surface area contributed by atoms with E-state index in [9.17, 15) is 0 Å². The molecule has 0 radical (unpaired) electrons. The Morgan fingerprint density at radius 1 is 1.19 bits per heavy atom. The molecular weight excluding hydrogens is 260 g/mol. The van der Waals surface area contributed by atoms with E-state index in [1.807, 2.05) is 12.1 Å². The van der Waals surface area contributed by atoms with E-state index in [-0.39, 0.29) is 5.84 Å². The number of rotatable bonds is 5. The molecule has 3 N–H and O–H groups in total. The van der Waals surface area contributed by atoms with Gasteiger partial charge < -0.3 is 10.6 Å². The standard InChI is InChI=1S/C17H26N4/c1-13-10-15(17(18)19)4-5-16(13)12-21-8-6-20(7-9-21)11-14-2-3-14/h4-5,10,14H,2-3,6-9,11-12H2,1H3,(H3,18,19). The Labute approximate surface area is 127 Å². The molecule has 0 spiro atoms. The van der Waals surface area contributed by atoms with Gasteiger partial charge in [0.05, 0.1) is 0 Å². The molecule has 1 heterocycles. The number of hydrogen-bond donors (Lipinski definition) is 2. The maximum atomic E-state index is 7.50. The predicted molar refractivity (Wildman–Crippen MR) is 86.6 cm³/mol. The number of aryl methyl sites for hydroxylation is 1. The van der Waals surface area contributed by atoms with Gasteiger partial charge in [0.25, 0.3) is 0 Å². The largest absolute Gasteiger partial charge is 0.384 e. The van der Waals surface area contributed by atoms with Gasteiger partial charge in [-0.05, 0) is 42.9 Å². The Balaban J connectivity index is 1.53. The van der Waals surface area contributed by atoms with E-state index in [1.165, 1.54) is 56.7 Å². The van der Waals surface area contributed by atoms with Crippen LogP contribution in [-0.4, -0.2) is 48.4 Å². The lowest BCUT2D eigenvalue weighted by Crippen LogP contribution is -2.46. The molecule has 114 valence electrons. The van der Waals surface area contributed by atoms with E-state index in [1.54, 1.807) is 0 Å². The highest BCUT2D eigenvalue weighted by molar-refractivity contribution is 5.95. The molecule has 2 fully saturated rings. The minimum absolute atomic E-state index is 0.151. The summed E-state index contributed by atoms with van der Waals surface area (Å²) in [5.41, 5.74) is 8.96. The smallest absolute Gasteiger partial charge is 0.122 e. The van der Waals surface area contributed by atoms with Gasteiger partial charge in [0.15, 0.2) is 0 Å². The van der Waals surface area contributed by atoms with Crippen LogP contribution in [0.5, 0.6) is 0 Å². The number of hydrogen-bond acceptors (Lipinski definition) is 3. The number of amidine groups is 1. The molecule has 2 aliphatic rings. The van der Waals surface area contributed by atoms with Crippen LogP contribution < -0.4 is 5.73 Å². The van der Waals surface area contributed by atoms with Gasteiger partial charge in [0.1, 0.15) is 5.84 Å². The van der Waals surface area contributed by atoms with E-state index >= 15 is 0 Å². The first-order valence-electron chi connectivity index (χ1n) is 8.00. The summed E-state index contributed by atoms with van der Waals surface area (Å²) < 4.78 is 0. The summed E-state index contributed by atoms with van der Waals surface area (Å²) in [5, 5.41) is 7.50. The Bertz CT molecular complexity index is 514. The van der Waals surface area contributed by atoms with Gasteiger partial charge >= 0.3 is 0 Å². The van der Waals surface area contributed by atoms with Crippen molar-refractivity contribution in [2.75, 3.05) is 32.7 Å². The Morgan fingerprint density at radius 2 is 1.86 bits per heavy atom. The summed E-state index contributed by atoms with van der Waals surface area (Å²) >= 11 is 0. The number of nitrogen functional groups attached to an aromatic ring is 1. The highest BCUT2D eigenvalue weighted by atomic mass is 15.3. The highest BCUT2D eigenvalue weighted by Crippen LogP contribution is 2.30. The van der Waals surface area contributed by atoms with Crippen LogP contribution in [0.4, 0.5) is 0 Å². The highest BCUT2D eigenvalue weighted by Gasteiger charge is 2.26. The van der Waals surface area contributed by atoms with Crippen molar-refractivity contribution in [3.8, 4) is 0 Å². The van der Waals surface area contributed by atoms with Gasteiger partial charge in [-0.15, -0.1) is 0 Å². The number of nitrogens with zero attached hydrogens (tertiary/aromatic N) is 2. The zero-order valence-corrected chi connectivity index (χ0v) is 12.9. The van der Waals surface area contributed by atoms with Crippen LogP contribution in [0.15, 0.2) is 18.2 Å². The fourth-order valence-electron chi connectivity index (χ4n) is 3.08. The molecule has 0 aromatic heterocycles. The molecule has 1 saturated heterocycles. The van der Waals surface area contributed by atoms with Crippen LogP contribution in [0.1, 0.15) is 29.5 Å². The second-order valence-electron chi connectivity index (χ2n) is 6.58. The Hall–Kier alpha value is -1.39. The van der Waals surface area contributed by atoms with Gasteiger partial charge in [-0.25, -0.2) is 0 Å². The lowest BCUT2D eigenvalue weighted by atomic mass is 10.0. The predicted octanol–water partition coefficient (Wildman–Crippen LogP) is 1.81. The topological polar surface area (TPSA) is 56.4 Å². The van der Waals surface area contributed by atoms with Crippen molar-refractivity contribution in [1.29, 1.82) is 5.41 Å². The summed E-state index contributed by atoms with van der Waals surface area (Å²) in [4.78, 5) is 5.17. The zero-order valence-electron chi connectivity index (χ0n) is 12.9. The second-order valence-corrected chi connectivity index (χ2v) is 6.58. The summed E-state index contributed by atoms with van der Waals surface area (Å²) in [6, 6.07) is 6.12. The SMILES string of the molecule is Cc1cc(C(=N)N)ccc1CN1CCN(CC2CC2)CC1. The molecule has 1 aliphatic heterocycles. The molecule has 4 nitrogen and oxygen atoms in total. The summed E-state index contributed by atoms with van der Waals surface area (Å²) in [6.45, 7) is 9.20. The van der Waals surface area contributed by atoms with Crippen LogP contribution in [0.3, 0.4) is 0 Å². The van der Waals surface area contributed by atoms with Gasteiger partial charge in [0, 0.05) is 44.8 Å². The van der Waals surface area contributed by atoms with E-state index in [0.717, 1.165) is 18.0 Å². The third kappa shape index (κ3) is 3.83. The third-order valence-corrected chi connectivity index (χ3v) is 4.73. The monoisotopic (exact) mass is 286 g/mol. The molecule has 1 saturated carbocycles. The third-order valence-electron chi connectivity index (χ3n) is 4.73. The molecule has 21 heavy (non-hydrogen) atoms. The normalized spacial score (nSPS) is 20.6. The molecule has 1 aromatic rings. The first-order valence-corrected chi connectivity index (χ1v) is 8.00. The average Bonchev–Trinajstić information content (AvgIpc) is 3.27. The Morgan fingerprint density at radius 3 is 2.43 bits per heavy atom. The maximum absolute atomic E-state index is 7.50. The minimum Gasteiger partial charge on any atom is -0.384 e. The van der Waals surface area contributed by atoms with Crippen molar-refractivity contribution in [3.05, 3.63) is 34.9 Å². The fourth-order valence-corrected chi connectivity index (χ4v) is 3.08. The summed E-state index contributed by atoms with van der Waals surface area (Å²) in [5.74, 6) is 1.15.